The largest absolute Gasteiger partial charge is 0.449 e. The number of carbonyl (C=O) groups is 4. The van der Waals surface area contributed by atoms with Crippen molar-refractivity contribution in [2.75, 3.05) is 39.1 Å². The molecule has 2 N–H and O–H groups in total. The van der Waals surface area contributed by atoms with Gasteiger partial charge in [-0.25, -0.2) is 9.59 Å². The molecule has 28 heavy (non-hydrogen) atoms. The first-order valence-electron chi connectivity index (χ1n) is 8.71. The number of esters is 1. The predicted molar refractivity (Wildman–Crippen MR) is 102 cm³/mol. The summed E-state index contributed by atoms with van der Waals surface area (Å²) >= 11 is 1.19. The zero-order chi connectivity index (χ0) is 20.5. The summed E-state index contributed by atoms with van der Waals surface area (Å²) in [6.07, 6.45) is -1.10. The summed E-state index contributed by atoms with van der Waals surface area (Å²) in [7, 11) is 1.55. The van der Waals surface area contributed by atoms with Gasteiger partial charge in [-0.2, -0.15) is 0 Å². The van der Waals surface area contributed by atoms with Crippen LogP contribution < -0.4 is 10.6 Å². The molecule has 1 saturated heterocycles. The van der Waals surface area contributed by atoms with E-state index >= 15 is 0 Å². The fourth-order valence-electron chi connectivity index (χ4n) is 2.42. The lowest BCUT2D eigenvalue weighted by Crippen LogP contribution is -2.41. The number of methoxy groups -OCH3 is 1. The highest BCUT2D eigenvalue weighted by Crippen LogP contribution is 2.23. The maximum atomic E-state index is 12.5. The van der Waals surface area contributed by atoms with Gasteiger partial charge in [0.05, 0.1) is 17.9 Å². The number of thioether (sulfide) groups is 1. The molecule has 0 radical (unpaired) electrons. The van der Waals surface area contributed by atoms with Crippen LogP contribution in [0.1, 0.15) is 17.3 Å². The van der Waals surface area contributed by atoms with E-state index in [2.05, 4.69) is 10.6 Å². The molecule has 1 aliphatic heterocycles. The van der Waals surface area contributed by atoms with Crippen LogP contribution in [0.25, 0.3) is 0 Å². The molecular weight excluding hydrogens is 386 g/mol. The summed E-state index contributed by atoms with van der Waals surface area (Å²) in [5.41, 5.74) is 0.253. The summed E-state index contributed by atoms with van der Waals surface area (Å²) in [5, 5.41) is 5.22. The molecule has 0 bridgehead atoms. The Hall–Kier alpha value is -2.59. The minimum absolute atomic E-state index is 0.121. The average Bonchev–Trinajstić information content (AvgIpc) is 3.12. The highest BCUT2D eigenvalue weighted by Gasteiger charge is 2.32. The van der Waals surface area contributed by atoms with E-state index in [1.54, 1.807) is 31.4 Å². The van der Waals surface area contributed by atoms with Crippen LogP contribution in [0.2, 0.25) is 0 Å². The normalized spacial score (nSPS) is 14.4. The smallest absolute Gasteiger partial charge is 0.340 e. The van der Waals surface area contributed by atoms with Crippen LogP contribution in [0, 0.1) is 0 Å². The minimum Gasteiger partial charge on any atom is -0.449 e. The summed E-state index contributed by atoms with van der Waals surface area (Å²) in [6, 6.07) is 6.17. The fraction of sp³-hybridized carbons (Fsp3) is 0.444. The van der Waals surface area contributed by atoms with Crippen molar-refractivity contribution in [3.8, 4) is 0 Å². The third-order valence-electron chi connectivity index (χ3n) is 3.85. The standard InChI is InChI=1S/C18H23N3O6S/c1-12(16(23)21-9-7-20-18(21)25)27-17(24)13-5-3-4-6-14(13)28-11-15(22)19-8-10-26-2/h3-6,12H,7-11H2,1-2H3,(H,19,22)(H,20,25)/t12-/m1/s1. The van der Waals surface area contributed by atoms with E-state index in [4.69, 9.17) is 9.47 Å². The molecule has 0 unspecified atom stereocenters. The molecule has 1 aromatic carbocycles. The zero-order valence-corrected chi connectivity index (χ0v) is 16.5. The van der Waals surface area contributed by atoms with Crippen molar-refractivity contribution >= 4 is 35.6 Å². The Bertz CT molecular complexity index is 742. The molecule has 2 rings (SSSR count). The molecule has 1 heterocycles. The average molecular weight is 409 g/mol. The van der Waals surface area contributed by atoms with Crippen molar-refractivity contribution in [1.29, 1.82) is 0 Å². The van der Waals surface area contributed by atoms with Crippen molar-refractivity contribution in [2.45, 2.75) is 17.9 Å². The van der Waals surface area contributed by atoms with E-state index in [0.29, 0.717) is 24.6 Å². The summed E-state index contributed by atoms with van der Waals surface area (Å²) < 4.78 is 10.1. The van der Waals surface area contributed by atoms with Crippen molar-refractivity contribution in [3.63, 3.8) is 0 Å². The van der Waals surface area contributed by atoms with Crippen LogP contribution in [0.4, 0.5) is 4.79 Å². The van der Waals surface area contributed by atoms with E-state index in [1.807, 2.05) is 0 Å². The Morgan fingerprint density at radius 1 is 1.32 bits per heavy atom. The maximum Gasteiger partial charge on any atom is 0.340 e. The second-order valence-electron chi connectivity index (χ2n) is 5.90. The van der Waals surface area contributed by atoms with Crippen LogP contribution in [-0.4, -0.2) is 73.9 Å². The number of ether oxygens (including phenoxy) is 2. The fourth-order valence-corrected chi connectivity index (χ4v) is 3.29. The van der Waals surface area contributed by atoms with Gasteiger partial charge >= 0.3 is 12.0 Å². The molecular formula is C18H23N3O6S. The topological polar surface area (TPSA) is 114 Å². The Labute approximate surface area is 167 Å². The second-order valence-corrected chi connectivity index (χ2v) is 6.91. The number of rotatable bonds is 9. The molecule has 1 aliphatic rings. The lowest BCUT2D eigenvalue weighted by atomic mass is 10.2. The van der Waals surface area contributed by atoms with E-state index in [-0.39, 0.29) is 23.8 Å². The number of nitrogens with one attached hydrogen (secondary N) is 2. The monoisotopic (exact) mass is 409 g/mol. The van der Waals surface area contributed by atoms with Crippen molar-refractivity contribution in [3.05, 3.63) is 29.8 Å². The van der Waals surface area contributed by atoms with Crippen LogP contribution in [-0.2, 0) is 19.1 Å². The van der Waals surface area contributed by atoms with Gasteiger partial charge in [0.1, 0.15) is 0 Å². The van der Waals surface area contributed by atoms with Crippen molar-refractivity contribution in [2.24, 2.45) is 0 Å². The Kier molecular flexibility index (Phi) is 8.27. The molecule has 1 fully saturated rings. The van der Waals surface area contributed by atoms with Crippen LogP contribution in [0.3, 0.4) is 0 Å². The van der Waals surface area contributed by atoms with Gasteiger partial charge in [-0.1, -0.05) is 12.1 Å². The van der Waals surface area contributed by atoms with E-state index < -0.39 is 24.0 Å². The quantitative estimate of drug-likeness (QED) is 0.349. The number of amides is 4. The number of hydrogen-bond donors (Lipinski definition) is 2. The first kappa shape index (κ1) is 21.7. The number of urea groups is 1. The lowest BCUT2D eigenvalue weighted by molar-refractivity contribution is -0.136. The molecule has 9 nitrogen and oxygen atoms in total. The van der Waals surface area contributed by atoms with Crippen LogP contribution in [0.5, 0.6) is 0 Å². The third kappa shape index (κ3) is 5.96. The van der Waals surface area contributed by atoms with Gasteiger partial charge in [0.15, 0.2) is 6.10 Å². The number of carbonyl (C=O) groups excluding carboxylic acids is 4. The molecule has 152 valence electrons. The predicted octanol–water partition coefficient (Wildman–Crippen LogP) is 0.638. The lowest BCUT2D eigenvalue weighted by Gasteiger charge is -2.18. The summed E-state index contributed by atoms with van der Waals surface area (Å²) in [5.74, 6) is -1.33. The van der Waals surface area contributed by atoms with Gasteiger partial charge in [-0.05, 0) is 19.1 Å². The van der Waals surface area contributed by atoms with Gasteiger partial charge in [0, 0.05) is 31.6 Å². The SMILES string of the molecule is COCCNC(=O)CSc1ccccc1C(=O)O[C@H](C)C(=O)N1CCNC1=O. The first-order valence-corrected chi connectivity index (χ1v) is 9.70. The number of imide groups is 1. The van der Waals surface area contributed by atoms with Crippen LogP contribution >= 0.6 is 11.8 Å². The van der Waals surface area contributed by atoms with Gasteiger partial charge in [-0.15, -0.1) is 11.8 Å². The van der Waals surface area contributed by atoms with Crippen molar-refractivity contribution in [1.82, 2.24) is 15.5 Å². The van der Waals surface area contributed by atoms with Crippen molar-refractivity contribution < 1.29 is 28.7 Å². The molecule has 1 aromatic rings. The van der Waals surface area contributed by atoms with E-state index in [1.165, 1.54) is 18.7 Å². The molecule has 10 heteroatoms. The van der Waals surface area contributed by atoms with Crippen LogP contribution in [0.15, 0.2) is 29.2 Å². The summed E-state index contributed by atoms with van der Waals surface area (Å²) in [6.45, 7) is 2.86. The molecule has 0 saturated carbocycles. The second kappa shape index (κ2) is 10.7. The molecule has 4 amide bonds. The van der Waals surface area contributed by atoms with E-state index in [9.17, 15) is 19.2 Å². The van der Waals surface area contributed by atoms with Gasteiger partial charge < -0.3 is 20.1 Å². The number of nitrogens with zero attached hydrogens (tertiary/aromatic N) is 1. The number of benzene rings is 1. The minimum atomic E-state index is -1.10. The first-order chi connectivity index (χ1) is 13.4. The van der Waals surface area contributed by atoms with Gasteiger partial charge in [0.25, 0.3) is 5.91 Å². The highest BCUT2D eigenvalue weighted by atomic mass is 32.2. The third-order valence-corrected chi connectivity index (χ3v) is 4.92. The van der Waals surface area contributed by atoms with Gasteiger partial charge in [-0.3, -0.25) is 14.5 Å². The molecule has 0 aromatic heterocycles. The summed E-state index contributed by atoms with van der Waals surface area (Å²) in [4.78, 5) is 49.8. The zero-order valence-electron chi connectivity index (χ0n) is 15.7. The molecule has 0 spiro atoms. The Morgan fingerprint density at radius 3 is 2.75 bits per heavy atom. The van der Waals surface area contributed by atoms with Gasteiger partial charge in [0.2, 0.25) is 5.91 Å². The molecule has 0 aliphatic carbocycles. The maximum absolute atomic E-state index is 12.5. The van der Waals surface area contributed by atoms with E-state index in [0.717, 1.165) is 4.90 Å². The Morgan fingerprint density at radius 2 is 2.07 bits per heavy atom. The Balaban J connectivity index is 1.95. The number of hydrogen-bond acceptors (Lipinski definition) is 7. The highest BCUT2D eigenvalue weighted by molar-refractivity contribution is 8.00. The molecule has 1 atom stereocenters.